The van der Waals surface area contributed by atoms with Crippen LogP contribution in [0.1, 0.15) is 5.56 Å². The van der Waals surface area contributed by atoms with Crippen LogP contribution in [0.4, 0.5) is 18.9 Å². The molecule has 1 aromatic carbocycles. The molecule has 1 rings (SSSR count). The highest BCUT2D eigenvalue weighted by molar-refractivity contribution is 5.92. The van der Waals surface area contributed by atoms with Crippen molar-refractivity contribution in [3.63, 3.8) is 0 Å². The highest BCUT2D eigenvalue weighted by atomic mass is 19.4. The van der Waals surface area contributed by atoms with Gasteiger partial charge < -0.3 is 10.1 Å². The Morgan fingerprint density at radius 1 is 1.35 bits per heavy atom. The highest BCUT2D eigenvalue weighted by Crippen LogP contribution is 2.15. The van der Waals surface area contributed by atoms with Crippen molar-refractivity contribution in [1.29, 1.82) is 0 Å². The fraction of sp³-hybridized carbons (Fsp3) is 0.364. The minimum Gasteiger partial charge on any atom is -0.362 e. The number of benzene rings is 1. The average Bonchev–Trinajstić information content (AvgIpc) is 2.19. The van der Waals surface area contributed by atoms with Crippen LogP contribution < -0.4 is 5.32 Å². The second-order valence-corrected chi connectivity index (χ2v) is 3.47. The monoisotopic (exact) mass is 247 g/mol. The van der Waals surface area contributed by atoms with Crippen molar-refractivity contribution in [2.75, 3.05) is 18.5 Å². The molecule has 0 aliphatic heterocycles. The Morgan fingerprint density at radius 3 is 2.59 bits per heavy atom. The smallest absolute Gasteiger partial charge is 0.362 e. The van der Waals surface area contributed by atoms with Crippen molar-refractivity contribution < 1.29 is 22.7 Å². The number of hydrogen-bond acceptors (Lipinski definition) is 2. The lowest BCUT2D eigenvalue weighted by Gasteiger charge is -2.09. The summed E-state index contributed by atoms with van der Waals surface area (Å²) in [5, 5.41) is 2.47. The van der Waals surface area contributed by atoms with Gasteiger partial charge in [0.15, 0.2) is 0 Å². The highest BCUT2D eigenvalue weighted by Gasteiger charge is 2.27. The molecular weight excluding hydrogens is 235 g/mol. The third-order valence-electron chi connectivity index (χ3n) is 1.92. The van der Waals surface area contributed by atoms with Gasteiger partial charge in [-0.25, -0.2) is 0 Å². The Bertz CT molecular complexity index is 391. The minimum atomic E-state index is -4.41. The molecule has 1 amide bonds. The number of halogens is 3. The molecule has 0 spiro atoms. The maximum Gasteiger partial charge on any atom is 0.411 e. The second-order valence-electron chi connectivity index (χ2n) is 3.47. The molecule has 0 unspecified atom stereocenters. The SMILES string of the molecule is Cc1ccccc1NC(=O)COCC(F)(F)F. The van der Waals surface area contributed by atoms with Crippen molar-refractivity contribution in [1.82, 2.24) is 0 Å². The first kappa shape index (κ1) is 13.5. The van der Waals surface area contributed by atoms with E-state index in [0.717, 1.165) is 5.56 Å². The van der Waals surface area contributed by atoms with Crippen LogP contribution in [0, 0.1) is 6.92 Å². The molecule has 17 heavy (non-hydrogen) atoms. The third kappa shape index (κ3) is 5.35. The second kappa shape index (κ2) is 5.67. The van der Waals surface area contributed by atoms with Crippen LogP contribution in [-0.4, -0.2) is 25.3 Å². The summed E-state index contributed by atoms with van der Waals surface area (Å²) < 4.78 is 39.5. The Balaban J connectivity index is 2.38. The third-order valence-corrected chi connectivity index (χ3v) is 1.92. The predicted octanol–water partition coefficient (Wildman–Crippen LogP) is 2.51. The van der Waals surface area contributed by atoms with E-state index in [1.165, 1.54) is 0 Å². The van der Waals surface area contributed by atoms with Gasteiger partial charge in [0.05, 0.1) is 0 Å². The Hall–Kier alpha value is -1.56. The van der Waals surface area contributed by atoms with Gasteiger partial charge in [-0.3, -0.25) is 4.79 Å². The standard InChI is InChI=1S/C11H12F3NO2/c1-8-4-2-3-5-9(8)15-10(16)6-17-7-11(12,13)14/h2-5H,6-7H2,1H3,(H,15,16). The topological polar surface area (TPSA) is 38.3 Å². The van der Waals surface area contributed by atoms with Crippen molar-refractivity contribution in [3.05, 3.63) is 29.8 Å². The van der Waals surface area contributed by atoms with Gasteiger partial charge in [-0.1, -0.05) is 18.2 Å². The molecule has 1 aromatic rings. The van der Waals surface area contributed by atoms with E-state index >= 15 is 0 Å². The molecule has 0 aromatic heterocycles. The number of amides is 1. The summed E-state index contributed by atoms with van der Waals surface area (Å²) in [4.78, 5) is 11.2. The van der Waals surface area contributed by atoms with E-state index in [0.29, 0.717) is 5.69 Å². The molecule has 0 radical (unpaired) electrons. The van der Waals surface area contributed by atoms with Gasteiger partial charge in [-0.2, -0.15) is 13.2 Å². The van der Waals surface area contributed by atoms with Gasteiger partial charge >= 0.3 is 6.18 Å². The van der Waals surface area contributed by atoms with Gasteiger partial charge in [0.2, 0.25) is 5.91 Å². The Kier molecular flexibility index (Phi) is 4.51. The molecule has 0 bridgehead atoms. The van der Waals surface area contributed by atoms with Gasteiger partial charge in [-0.15, -0.1) is 0 Å². The Morgan fingerprint density at radius 2 is 2.00 bits per heavy atom. The van der Waals surface area contributed by atoms with E-state index in [-0.39, 0.29) is 0 Å². The summed E-state index contributed by atoms with van der Waals surface area (Å²) in [6, 6.07) is 6.97. The molecule has 0 saturated carbocycles. The Labute approximate surface area is 96.6 Å². The molecule has 0 saturated heterocycles. The average molecular weight is 247 g/mol. The lowest BCUT2D eigenvalue weighted by atomic mass is 10.2. The first-order valence-electron chi connectivity index (χ1n) is 4.88. The largest absolute Gasteiger partial charge is 0.411 e. The molecule has 0 aliphatic carbocycles. The first-order valence-corrected chi connectivity index (χ1v) is 4.88. The molecular formula is C11H12F3NO2. The fourth-order valence-electron chi connectivity index (χ4n) is 1.16. The number of hydrogen-bond donors (Lipinski definition) is 1. The summed E-state index contributed by atoms with van der Waals surface area (Å²) in [7, 11) is 0. The molecule has 0 aliphatic rings. The number of carbonyl (C=O) groups is 1. The van der Waals surface area contributed by atoms with Crippen LogP contribution >= 0.6 is 0 Å². The zero-order valence-electron chi connectivity index (χ0n) is 9.17. The fourth-order valence-corrected chi connectivity index (χ4v) is 1.16. The van der Waals surface area contributed by atoms with Crippen LogP contribution in [-0.2, 0) is 9.53 Å². The van der Waals surface area contributed by atoms with Gasteiger partial charge in [-0.05, 0) is 18.6 Å². The van der Waals surface area contributed by atoms with E-state index in [1.807, 2.05) is 0 Å². The molecule has 1 N–H and O–H groups in total. The van der Waals surface area contributed by atoms with Crippen LogP contribution in [0.15, 0.2) is 24.3 Å². The zero-order valence-corrected chi connectivity index (χ0v) is 9.17. The van der Waals surface area contributed by atoms with E-state index < -0.39 is 25.3 Å². The minimum absolute atomic E-state index is 0.563. The van der Waals surface area contributed by atoms with Gasteiger partial charge in [0.1, 0.15) is 13.2 Å². The van der Waals surface area contributed by atoms with E-state index in [9.17, 15) is 18.0 Å². The van der Waals surface area contributed by atoms with Crippen LogP contribution in [0.5, 0.6) is 0 Å². The number of nitrogens with one attached hydrogen (secondary N) is 1. The summed E-state index contributed by atoms with van der Waals surface area (Å²) >= 11 is 0. The van der Waals surface area contributed by atoms with Crippen LogP contribution in [0.25, 0.3) is 0 Å². The number of aryl methyl sites for hydroxylation is 1. The number of para-hydroxylation sites is 1. The summed E-state index contributed by atoms with van der Waals surface area (Å²) in [5.74, 6) is -0.608. The number of alkyl halides is 3. The molecule has 0 atom stereocenters. The lowest BCUT2D eigenvalue weighted by molar-refractivity contribution is -0.174. The maximum absolute atomic E-state index is 11.7. The van der Waals surface area contributed by atoms with Crippen molar-refractivity contribution >= 4 is 11.6 Å². The normalized spacial score (nSPS) is 11.3. The van der Waals surface area contributed by atoms with Crippen molar-refractivity contribution in [2.24, 2.45) is 0 Å². The van der Waals surface area contributed by atoms with Gasteiger partial charge in [0, 0.05) is 5.69 Å². The molecule has 0 heterocycles. The first-order chi connectivity index (χ1) is 7.88. The number of rotatable bonds is 4. The summed E-state index contributed by atoms with van der Waals surface area (Å²) in [6.07, 6.45) is -4.41. The van der Waals surface area contributed by atoms with Crippen LogP contribution in [0.3, 0.4) is 0 Å². The van der Waals surface area contributed by atoms with E-state index in [4.69, 9.17) is 0 Å². The maximum atomic E-state index is 11.7. The van der Waals surface area contributed by atoms with Crippen molar-refractivity contribution in [3.8, 4) is 0 Å². The zero-order chi connectivity index (χ0) is 12.9. The number of ether oxygens (including phenoxy) is 1. The molecule has 94 valence electrons. The molecule has 3 nitrogen and oxygen atoms in total. The van der Waals surface area contributed by atoms with E-state index in [2.05, 4.69) is 10.1 Å². The van der Waals surface area contributed by atoms with Gasteiger partial charge in [0.25, 0.3) is 0 Å². The van der Waals surface area contributed by atoms with Crippen LogP contribution in [0.2, 0.25) is 0 Å². The van der Waals surface area contributed by atoms with E-state index in [1.54, 1.807) is 31.2 Å². The number of carbonyl (C=O) groups excluding carboxylic acids is 1. The number of anilines is 1. The van der Waals surface area contributed by atoms with Crippen molar-refractivity contribution in [2.45, 2.75) is 13.1 Å². The molecule has 0 fully saturated rings. The summed E-state index contributed by atoms with van der Waals surface area (Å²) in [5.41, 5.74) is 1.39. The lowest BCUT2D eigenvalue weighted by Crippen LogP contribution is -2.24. The molecule has 6 heteroatoms. The predicted molar refractivity (Wildman–Crippen MR) is 56.7 cm³/mol. The quantitative estimate of drug-likeness (QED) is 0.887. The summed E-state index contributed by atoms with van der Waals surface area (Å²) in [6.45, 7) is -0.256.